The van der Waals surface area contributed by atoms with Crippen molar-refractivity contribution in [2.45, 2.75) is 0 Å². The first kappa shape index (κ1) is 47.2. The first-order valence-corrected chi connectivity index (χ1v) is 24.8. The van der Waals surface area contributed by atoms with Gasteiger partial charge >= 0.3 is 0 Å². The van der Waals surface area contributed by atoms with E-state index >= 15 is 0 Å². The summed E-state index contributed by atoms with van der Waals surface area (Å²) in [6, 6.07) is 77.6. The van der Waals surface area contributed by atoms with Crippen molar-refractivity contribution >= 4 is 0 Å². The second-order valence-corrected chi connectivity index (χ2v) is 18.5. The second kappa shape index (κ2) is 20.6. The quantitative estimate of drug-likeness (QED) is 0.121. The number of aromatic nitrogens is 3. The monoisotopic (exact) mass is 989 g/mol. The van der Waals surface area contributed by atoms with E-state index in [1.807, 2.05) is 79.0 Å². The summed E-state index contributed by atoms with van der Waals surface area (Å²) in [5.41, 5.74) is 18.9. The van der Waals surface area contributed by atoms with E-state index in [0.717, 1.165) is 118 Å². The number of pyridine rings is 3. The zero-order chi connectivity index (χ0) is 51.5. The molecule has 0 saturated carbocycles. The molecule has 0 N–H and O–H groups in total. The molecule has 7 heteroatoms. The van der Waals surface area contributed by atoms with Gasteiger partial charge in [-0.05, 0) is 139 Å². The van der Waals surface area contributed by atoms with Crippen LogP contribution >= 0.6 is 0 Å². The summed E-state index contributed by atoms with van der Waals surface area (Å²) in [6.07, 6.45) is 5.48. The fraction of sp³-hybridized carbons (Fsp3) is 0. The molecule has 3 heterocycles. The highest BCUT2D eigenvalue weighted by Crippen LogP contribution is 2.45. The molecule has 0 aliphatic rings. The van der Waals surface area contributed by atoms with Crippen LogP contribution in [0.2, 0.25) is 0 Å². The van der Waals surface area contributed by atoms with Crippen molar-refractivity contribution in [1.29, 1.82) is 0 Å². The molecule has 9 aromatic carbocycles. The van der Waals surface area contributed by atoms with Crippen LogP contribution in [-0.4, -0.2) is 15.0 Å². The van der Waals surface area contributed by atoms with Gasteiger partial charge in [-0.15, -0.1) is 0 Å². The minimum atomic E-state index is -0.935. The third kappa shape index (κ3) is 9.49. The average Bonchev–Trinajstić information content (AvgIpc) is 3.48. The lowest BCUT2D eigenvalue weighted by Gasteiger charge is -2.19. The average molecular weight is 990 g/mol. The Morgan fingerprint density at radius 1 is 0.197 bits per heavy atom. The van der Waals surface area contributed by atoms with Crippen molar-refractivity contribution < 1.29 is 17.6 Å². The maximum absolute atomic E-state index is 14.9. The molecule has 0 atom stereocenters. The van der Waals surface area contributed by atoms with Gasteiger partial charge in [0.25, 0.3) is 0 Å². The first-order chi connectivity index (χ1) is 37.3. The van der Waals surface area contributed by atoms with Gasteiger partial charge in [0.05, 0.1) is 17.1 Å². The summed E-state index contributed by atoms with van der Waals surface area (Å²) in [7, 11) is 0. The highest BCUT2D eigenvalue weighted by Gasteiger charge is 2.20. The van der Waals surface area contributed by atoms with Gasteiger partial charge in [0, 0.05) is 58.0 Å². The molecule has 0 amide bonds. The van der Waals surface area contributed by atoms with Gasteiger partial charge in [0.2, 0.25) is 0 Å². The van der Waals surface area contributed by atoms with Crippen LogP contribution in [0.1, 0.15) is 0 Å². The Bertz CT molecular complexity index is 4070. The molecule has 3 nitrogen and oxygen atoms in total. The normalized spacial score (nSPS) is 11.2. The number of hydrogen-bond acceptors (Lipinski definition) is 3. The molecule has 0 aliphatic carbocycles. The van der Waals surface area contributed by atoms with Crippen LogP contribution in [0.3, 0.4) is 0 Å². The van der Waals surface area contributed by atoms with Gasteiger partial charge in [-0.25, -0.2) is 17.6 Å². The molecule has 0 saturated heterocycles. The molecule has 0 radical (unpaired) electrons. The van der Waals surface area contributed by atoms with Crippen LogP contribution in [0.25, 0.3) is 123 Å². The van der Waals surface area contributed by atoms with Gasteiger partial charge in [-0.3, -0.25) is 15.0 Å². The smallest absolute Gasteiger partial charge is 0.159 e. The lowest BCUT2D eigenvalue weighted by atomic mass is 9.85. The van der Waals surface area contributed by atoms with Gasteiger partial charge in [-0.2, -0.15) is 0 Å². The Kier molecular flexibility index (Phi) is 12.8. The van der Waals surface area contributed by atoms with Crippen molar-refractivity contribution in [3.63, 3.8) is 0 Å². The predicted octanol–water partition coefficient (Wildman–Crippen LogP) is 18.8. The van der Waals surface area contributed by atoms with Crippen molar-refractivity contribution in [3.05, 3.63) is 285 Å². The molecule has 0 spiro atoms. The third-order valence-corrected chi connectivity index (χ3v) is 13.8. The fourth-order valence-corrected chi connectivity index (χ4v) is 9.97. The SMILES string of the molecule is Fc1ccc(-c2ccc(-c3ccccc3-c3cc(-c4ccccc4-c4ccc(-c5ccc(F)c(F)c5)nc4)cc(-c4ccccc4-c4cnc(-c5ccccc5)cc4-c4ccc(-c5ccccc5)cc4)c3)cn2)c(F)c1. The summed E-state index contributed by atoms with van der Waals surface area (Å²) in [6.45, 7) is 0. The molecule has 0 bridgehead atoms. The fourth-order valence-electron chi connectivity index (χ4n) is 9.97. The van der Waals surface area contributed by atoms with E-state index in [1.165, 1.54) is 18.2 Å². The molecule has 76 heavy (non-hydrogen) atoms. The molecular weight excluding hydrogens is 947 g/mol. The molecule has 12 aromatic rings. The lowest BCUT2D eigenvalue weighted by molar-refractivity contribution is 0.509. The van der Waals surface area contributed by atoms with E-state index in [-0.39, 0.29) is 5.56 Å². The van der Waals surface area contributed by atoms with Crippen LogP contribution in [-0.2, 0) is 0 Å². The van der Waals surface area contributed by atoms with E-state index in [1.54, 1.807) is 18.5 Å². The van der Waals surface area contributed by atoms with E-state index in [9.17, 15) is 17.6 Å². The maximum atomic E-state index is 14.9. The Hall–Kier alpha value is -9.85. The molecule has 0 fully saturated rings. The summed E-state index contributed by atoms with van der Waals surface area (Å²) in [5, 5.41) is 0. The number of halogens is 4. The van der Waals surface area contributed by atoms with Gasteiger partial charge in [0.15, 0.2) is 11.6 Å². The van der Waals surface area contributed by atoms with Crippen molar-refractivity contribution in [2.75, 3.05) is 0 Å². The first-order valence-electron chi connectivity index (χ1n) is 24.8. The van der Waals surface area contributed by atoms with Crippen LogP contribution in [0.5, 0.6) is 0 Å². The standard InChI is InChI=1S/C69H43F4N3/c70-54-30-31-61(65(72)39-54)68-34-29-50(42-75-68)56-18-8-10-20-58(56)52-35-51(57-19-9-7-17-55(57)49-28-33-67(74-41-49)48-27-32-64(71)66(73)38-48)36-53(37-52)59-21-11-12-22-60(59)63-43-76-69(47-15-5-2-6-16-47)40-62(63)46-25-23-45(24-26-46)44-13-3-1-4-14-44/h1-43H. The Labute approximate surface area is 437 Å². The van der Waals surface area contributed by atoms with Gasteiger partial charge in [0.1, 0.15) is 11.6 Å². The lowest BCUT2D eigenvalue weighted by Crippen LogP contribution is -1.95. The molecule has 12 rings (SSSR count). The molecule has 3 aromatic heterocycles. The van der Waals surface area contributed by atoms with Gasteiger partial charge in [-0.1, -0.05) is 170 Å². The molecule has 362 valence electrons. The minimum absolute atomic E-state index is 0.211. The number of hydrogen-bond donors (Lipinski definition) is 0. The highest BCUT2D eigenvalue weighted by atomic mass is 19.2. The molecular formula is C69H43F4N3. The van der Waals surface area contributed by atoms with E-state index in [2.05, 4.69) is 132 Å². The van der Waals surface area contributed by atoms with Crippen LogP contribution in [0.4, 0.5) is 17.6 Å². The van der Waals surface area contributed by atoms with E-state index in [4.69, 9.17) is 9.97 Å². The second-order valence-electron chi connectivity index (χ2n) is 18.5. The Morgan fingerprint density at radius 2 is 0.645 bits per heavy atom. The van der Waals surface area contributed by atoms with Gasteiger partial charge < -0.3 is 0 Å². The third-order valence-electron chi connectivity index (χ3n) is 13.8. The van der Waals surface area contributed by atoms with Crippen LogP contribution in [0, 0.1) is 23.3 Å². The predicted molar refractivity (Wildman–Crippen MR) is 299 cm³/mol. The summed E-state index contributed by atoms with van der Waals surface area (Å²) in [5.74, 6) is -3.19. The maximum Gasteiger partial charge on any atom is 0.159 e. The largest absolute Gasteiger partial charge is 0.256 e. The van der Waals surface area contributed by atoms with Crippen LogP contribution < -0.4 is 0 Å². The van der Waals surface area contributed by atoms with Crippen molar-refractivity contribution in [3.8, 4) is 123 Å². The summed E-state index contributed by atoms with van der Waals surface area (Å²) < 4.78 is 57.0. The van der Waals surface area contributed by atoms with E-state index < -0.39 is 23.3 Å². The number of nitrogens with zero attached hydrogens (tertiary/aromatic N) is 3. The minimum Gasteiger partial charge on any atom is -0.256 e. The number of benzene rings is 9. The van der Waals surface area contributed by atoms with Crippen molar-refractivity contribution in [2.24, 2.45) is 0 Å². The van der Waals surface area contributed by atoms with Crippen molar-refractivity contribution in [1.82, 2.24) is 15.0 Å². The van der Waals surface area contributed by atoms with E-state index in [0.29, 0.717) is 17.0 Å². The topological polar surface area (TPSA) is 38.7 Å². The highest BCUT2D eigenvalue weighted by molar-refractivity contribution is 5.97. The zero-order valence-corrected chi connectivity index (χ0v) is 40.7. The number of rotatable bonds is 11. The Morgan fingerprint density at radius 3 is 1.18 bits per heavy atom. The van der Waals surface area contributed by atoms with Crippen LogP contribution in [0.15, 0.2) is 261 Å². The Balaban J connectivity index is 1.03. The summed E-state index contributed by atoms with van der Waals surface area (Å²) >= 11 is 0. The molecule has 0 unspecified atom stereocenters. The molecule has 0 aliphatic heterocycles. The summed E-state index contributed by atoms with van der Waals surface area (Å²) in [4.78, 5) is 14.5. The zero-order valence-electron chi connectivity index (χ0n) is 40.7.